The summed E-state index contributed by atoms with van der Waals surface area (Å²) in [6.07, 6.45) is 2.36. The van der Waals surface area contributed by atoms with Gasteiger partial charge in [-0.3, -0.25) is 19.3 Å². The fourth-order valence-corrected chi connectivity index (χ4v) is 4.99. The van der Waals surface area contributed by atoms with Crippen molar-refractivity contribution >= 4 is 46.2 Å². The van der Waals surface area contributed by atoms with Crippen LogP contribution in [0.1, 0.15) is 32.9 Å². The molecule has 0 bridgehead atoms. The molecule has 0 saturated carbocycles. The minimum atomic E-state index is -0.421. The van der Waals surface area contributed by atoms with Gasteiger partial charge in [0, 0.05) is 13.1 Å². The number of carbonyl (C=O) groups is 3. The van der Waals surface area contributed by atoms with Gasteiger partial charge in [0.2, 0.25) is 5.75 Å². The normalized spacial score (nSPS) is 14.7. The lowest BCUT2D eigenvalue weighted by molar-refractivity contribution is -0.122. The molecule has 0 atom stereocenters. The number of hydrogen-bond donors (Lipinski definition) is 1. The average Bonchev–Trinajstić information content (AvgIpc) is 3.32. The highest BCUT2D eigenvalue weighted by atomic mass is 32.2. The van der Waals surface area contributed by atoms with Gasteiger partial charge in [-0.15, -0.1) is 11.3 Å². The van der Waals surface area contributed by atoms with E-state index in [-0.39, 0.29) is 23.9 Å². The van der Waals surface area contributed by atoms with Gasteiger partial charge < -0.3 is 19.5 Å². The van der Waals surface area contributed by atoms with Crippen molar-refractivity contribution in [2.24, 2.45) is 0 Å². The van der Waals surface area contributed by atoms with E-state index >= 15 is 0 Å². The molecule has 0 spiro atoms. The lowest BCUT2D eigenvalue weighted by Gasteiger charge is -2.13. The third kappa shape index (κ3) is 5.31. The lowest BCUT2D eigenvalue weighted by atomic mass is 10.1. The number of thiazole rings is 1. The van der Waals surface area contributed by atoms with E-state index in [1.165, 1.54) is 32.7 Å². The lowest BCUT2D eigenvalue weighted by Crippen LogP contribution is -2.37. The Morgan fingerprint density at radius 2 is 1.82 bits per heavy atom. The molecule has 176 valence electrons. The smallest absolute Gasteiger partial charge is 0.293 e. The number of nitrogens with one attached hydrogen (secondary N) is 1. The van der Waals surface area contributed by atoms with Crippen molar-refractivity contribution < 1.29 is 28.6 Å². The molecule has 0 aliphatic carbocycles. The molecular formula is C22H25N3O6S2. The predicted molar refractivity (Wildman–Crippen MR) is 127 cm³/mol. The molecule has 1 N–H and O–H groups in total. The molecule has 1 fully saturated rings. The van der Waals surface area contributed by atoms with E-state index in [4.69, 9.17) is 14.2 Å². The highest BCUT2D eigenvalue weighted by molar-refractivity contribution is 8.18. The van der Waals surface area contributed by atoms with Crippen molar-refractivity contribution in [3.05, 3.63) is 38.2 Å². The van der Waals surface area contributed by atoms with Gasteiger partial charge in [-0.25, -0.2) is 4.98 Å². The molecule has 1 saturated heterocycles. The van der Waals surface area contributed by atoms with Crippen LogP contribution in [0, 0.1) is 6.92 Å². The second kappa shape index (κ2) is 10.7. The van der Waals surface area contributed by atoms with Gasteiger partial charge >= 0.3 is 0 Å². The zero-order chi connectivity index (χ0) is 24.1. The van der Waals surface area contributed by atoms with Crippen LogP contribution in [-0.2, 0) is 11.2 Å². The minimum Gasteiger partial charge on any atom is -0.493 e. The van der Waals surface area contributed by atoms with Crippen molar-refractivity contribution in [2.75, 3.05) is 34.4 Å². The zero-order valence-electron chi connectivity index (χ0n) is 19.0. The van der Waals surface area contributed by atoms with Gasteiger partial charge in [0.1, 0.15) is 4.88 Å². The van der Waals surface area contributed by atoms with Crippen molar-refractivity contribution in [2.45, 2.75) is 20.3 Å². The molecule has 1 aliphatic heterocycles. The Hall–Kier alpha value is -3.05. The molecular weight excluding hydrogens is 466 g/mol. The van der Waals surface area contributed by atoms with Crippen LogP contribution in [0.25, 0.3) is 6.08 Å². The maximum atomic E-state index is 12.8. The number of aromatic nitrogens is 1. The number of thioether (sulfide) groups is 1. The van der Waals surface area contributed by atoms with E-state index < -0.39 is 11.1 Å². The topological polar surface area (TPSA) is 107 Å². The third-order valence-corrected chi connectivity index (χ3v) is 7.04. The maximum Gasteiger partial charge on any atom is 0.293 e. The van der Waals surface area contributed by atoms with E-state index in [2.05, 4.69) is 10.3 Å². The Kier molecular flexibility index (Phi) is 7.98. The quantitative estimate of drug-likeness (QED) is 0.531. The number of benzene rings is 1. The van der Waals surface area contributed by atoms with Crippen molar-refractivity contribution in [1.82, 2.24) is 15.2 Å². The fraction of sp³-hybridized carbons (Fsp3) is 0.364. The van der Waals surface area contributed by atoms with Gasteiger partial charge in [-0.2, -0.15) is 0 Å². The predicted octanol–water partition coefficient (Wildman–Crippen LogP) is 3.51. The van der Waals surface area contributed by atoms with Crippen LogP contribution in [0.2, 0.25) is 0 Å². The van der Waals surface area contributed by atoms with Crippen molar-refractivity contribution in [3.8, 4) is 17.2 Å². The molecule has 1 aromatic carbocycles. The summed E-state index contributed by atoms with van der Waals surface area (Å²) in [6, 6.07) is 3.38. The molecule has 1 aromatic heterocycles. The average molecular weight is 492 g/mol. The van der Waals surface area contributed by atoms with Crippen LogP contribution in [0.3, 0.4) is 0 Å². The Balaban J connectivity index is 1.69. The minimum absolute atomic E-state index is 0.0709. The van der Waals surface area contributed by atoms with Crippen molar-refractivity contribution in [3.63, 3.8) is 0 Å². The largest absolute Gasteiger partial charge is 0.493 e. The second-order valence-electron chi connectivity index (χ2n) is 6.92. The van der Waals surface area contributed by atoms with E-state index in [0.29, 0.717) is 33.4 Å². The van der Waals surface area contributed by atoms with Crippen LogP contribution in [0.4, 0.5) is 4.79 Å². The van der Waals surface area contributed by atoms with Gasteiger partial charge in [0.05, 0.1) is 36.9 Å². The number of hydrogen-bond acceptors (Lipinski definition) is 9. The van der Waals surface area contributed by atoms with Crippen LogP contribution >= 0.6 is 23.1 Å². The molecule has 3 rings (SSSR count). The van der Waals surface area contributed by atoms with E-state index in [1.807, 2.05) is 6.92 Å². The Bertz CT molecular complexity index is 1090. The Morgan fingerprint density at radius 1 is 1.15 bits per heavy atom. The summed E-state index contributed by atoms with van der Waals surface area (Å²) >= 11 is 2.19. The molecule has 33 heavy (non-hydrogen) atoms. The fourth-order valence-electron chi connectivity index (χ4n) is 3.20. The van der Waals surface area contributed by atoms with Gasteiger partial charge in [-0.05, 0) is 48.9 Å². The molecule has 2 heterocycles. The van der Waals surface area contributed by atoms with Crippen LogP contribution in [0.5, 0.6) is 17.2 Å². The number of nitrogens with zero attached hydrogens (tertiary/aromatic N) is 2. The van der Waals surface area contributed by atoms with Crippen LogP contribution in [-0.4, -0.2) is 61.4 Å². The summed E-state index contributed by atoms with van der Waals surface area (Å²) < 4.78 is 16.0. The molecule has 11 heteroatoms. The molecule has 0 radical (unpaired) electrons. The number of amides is 3. The first-order valence-electron chi connectivity index (χ1n) is 10.1. The number of aryl methyl sites for hydroxylation is 2. The van der Waals surface area contributed by atoms with Gasteiger partial charge in [-0.1, -0.05) is 6.92 Å². The first-order chi connectivity index (χ1) is 15.8. The van der Waals surface area contributed by atoms with Gasteiger partial charge in [0.25, 0.3) is 17.1 Å². The maximum absolute atomic E-state index is 12.8. The van der Waals surface area contributed by atoms with Crippen LogP contribution in [0.15, 0.2) is 17.0 Å². The first kappa shape index (κ1) is 24.6. The van der Waals surface area contributed by atoms with E-state index in [1.54, 1.807) is 25.1 Å². The summed E-state index contributed by atoms with van der Waals surface area (Å²) in [5.41, 5.74) is 1.30. The van der Waals surface area contributed by atoms with E-state index in [9.17, 15) is 14.4 Å². The SMILES string of the molecule is CCc1nc(C)c(C(=O)NCCN2C(=O)S/C(=C/c3cc(OC)c(OC)c(OC)c3)C2=O)s1. The Morgan fingerprint density at radius 3 is 2.36 bits per heavy atom. The first-order valence-corrected chi connectivity index (χ1v) is 11.8. The van der Waals surface area contributed by atoms with E-state index in [0.717, 1.165) is 28.1 Å². The molecule has 9 nitrogen and oxygen atoms in total. The number of carbonyl (C=O) groups excluding carboxylic acids is 3. The summed E-state index contributed by atoms with van der Waals surface area (Å²) in [7, 11) is 4.50. The number of imide groups is 1. The molecule has 1 aliphatic rings. The highest BCUT2D eigenvalue weighted by Crippen LogP contribution is 2.40. The molecule has 2 aromatic rings. The number of ether oxygens (including phenoxy) is 3. The summed E-state index contributed by atoms with van der Waals surface area (Å²) in [6.45, 7) is 3.98. The Labute approximate surface area is 200 Å². The zero-order valence-corrected chi connectivity index (χ0v) is 20.6. The van der Waals surface area contributed by atoms with Gasteiger partial charge in [0.15, 0.2) is 11.5 Å². The number of rotatable bonds is 9. The molecule has 0 unspecified atom stereocenters. The molecule has 3 amide bonds. The third-order valence-electron chi connectivity index (χ3n) is 4.83. The van der Waals surface area contributed by atoms with Crippen molar-refractivity contribution in [1.29, 1.82) is 0 Å². The number of methoxy groups -OCH3 is 3. The summed E-state index contributed by atoms with van der Waals surface area (Å²) in [5, 5.41) is 3.26. The van der Waals surface area contributed by atoms with Crippen LogP contribution < -0.4 is 19.5 Å². The summed E-state index contributed by atoms with van der Waals surface area (Å²) in [4.78, 5) is 43.9. The summed E-state index contributed by atoms with van der Waals surface area (Å²) in [5.74, 6) is 0.632. The highest BCUT2D eigenvalue weighted by Gasteiger charge is 2.35. The standard InChI is InChI=1S/C22H25N3O6S2/c1-6-17-24-12(2)19(33-17)20(26)23-7-8-25-21(27)16(32-22(25)28)11-13-9-14(29-3)18(31-5)15(10-13)30-4/h9-11H,6-8H2,1-5H3,(H,23,26)/b16-11+. The second-order valence-corrected chi connectivity index (χ2v) is 9.00. The monoisotopic (exact) mass is 491 g/mol.